The van der Waals surface area contributed by atoms with E-state index in [1.807, 2.05) is 12.1 Å². The number of aromatic nitrogens is 2. The Balaban J connectivity index is 1.88. The van der Waals surface area contributed by atoms with Gasteiger partial charge in [-0.1, -0.05) is 12.1 Å². The molecule has 1 amide bonds. The van der Waals surface area contributed by atoms with E-state index in [2.05, 4.69) is 14.1 Å². The fourth-order valence-electron chi connectivity index (χ4n) is 2.96. The van der Waals surface area contributed by atoms with E-state index in [9.17, 15) is 9.59 Å². The van der Waals surface area contributed by atoms with E-state index < -0.39 is 5.97 Å². The third-order valence-electron chi connectivity index (χ3n) is 4.04. The summed E-state index contributed by atoms with van der Waals surface area (Å²) in [5.74, 6) is -1.19. The Labute approximate surface area is 135 Å². The number of benzene rings is 2. The molecule has 1 atom stereocenters. The number of nitrogens with one attached hydrogen (secondary N) is 1. The predicted octanol–water partition coefficient (Wildman–Crippen LogP) is 2.86. The van der Waals surface area contributed by atoms with Crippen molar-refractivity contribution in [3.05, 3.63) is 53.1 Å². The van der Waals surface area contributed by atoms with Crippen molar-refractivity contribution in [1.29, 1.82) is 0 Å². The van der Waals surface area contributed by atoms with Crippen molar-refractivity contribution in [2.45, 2.75) is 12.3 Å². The van der Waals surface area contributed by atoms with Crippen LogP contribution in [-0.2, 0) is 4.79 Å². The summed E-state index contributed by atoms with van der Waals surface area (Å²) in [6.45, 7) is 0. The first-order chi connectivity index (χ1) is 11.1. The Hall–Kier alpha value is -2.80. The van der Waals surface area contributed by atoms with Crippen LogP contribution in [0.15, 0.2) is 36.4 Å². The molecule has 3 aromatic rings. The quantitative estimate of drug-likeness (QED) is 0.756. The van der Waals surface area contributed by atoms with Gasteiger partial charge in [-0.25, -0.2) is 4.79 Å². The molecule has 0 saturated heterocycles. The largest absolute Gasteiger partial charge is 0.478 e. The number of carbonyl (C=O) groups excluding carboxylic acids is 1. The van der Waals surface area contributed by atoms with Crippen molar-refractivity contribution in [1.82, 2.24) is 8.75 Å². The van der Waals surface area contributed by atoms with Gasteiger partial charge in [0.25, 0.3) is 0 Å². The molecule has 2 heterocycles. The van der Waals surface area contributed by atoms with E-state index in [-0.39, 0.29) is 17.4 Å². The molecule has 0 unspecified atom stereocenters. The van der Waals surface area contributed by atoms with Crippen molar-refractivity contribution < 1.29 is 14.7 Å². The van der Waals surface area contributed by atoms with E-state index in [1.165, 1.54) is 0 Å². The van der Waals surface area contributed by atoms with Gasteiger partial charge in [0.2, 0.25) is 5.91 Å². The van der Waals surface area contributed by atoms with E-state index in [0.717, 1.165) is 39.6 Å². The fourth-order valence-corrected chi connectivity index (χ4v) is 3.51. The Morgan fingerprint density at radius 3 is 2.70 bits per heavy atom. The molecule has 114 valence electrons. The van der Waals surface area contributed by atoms with Gasteiger partial charge in [-0.05, 0) is 29.8 Å². The fraction of sp³-hybridized carbons (Fsp3) is 0.125. The molecule has 0 spiro atoms. The van der Waals surface area contributed by atoms with Gasteiger partial charge in [0.1, 0.15) is 11.0 Å². The summed E-state index contributed by atoms with van der Waals surface area (Å²) in [5.41, 5.74) is 4.40. The number of hydrogen-bond acceptors (Lipinski definition) is 5. The maximum absolute atomic E-state index is 12.0. The number of carboxylic acids is 1. The first-order valence-electron chi connectivity index (χ1n) is 7.02. The second-order valence-corrected chi connectivity index (χ2v) is 5.92. The van der Waals surface area contributed by atoms with Crippen molar-refractivity contribution >= 4 is 40.3 Å². The molecule has 1 aliphatic heterocycles. The molecule has 0 radical (unpaired) electrons. The van der Waals surface area contributed by atoms with Gasteiger partial charge in [0.15, 0.2) is 0 Å². The standard InChI is InChI=1S/C16H11N3O3S/c20-13-7-10(8-1-3-9(4-2-8)16(21)22)14-11(17-13)5-6-12-15(14)19-23-18-12/h1-6,10H,7H2,(H,17,20)(H,21,22)/t10-/m1/s1. The minimum Gasteiger partial charge on any atom is -0.478 e. The molecular weight excluding hydrogens is 314 g/mol. The van der Waals surface area contributed by atoms with E-state index in [0.29, 0.717) is 6.42 Å². The van der Waals surface area contributed by atoms with Crippen LogP contribution in [0.1, 0.15) is 33.8 Å². The highest BCUT2D eigenvalue weighted by Crippen LogP contribution is 2.40. The lowest BCUT2D eigenvalue weighted by molar-refractivity contribution is -0.116. The zero-order valence-electron chi connectivity index (χ0n) is 11.8. The zero-order chi connectivity index (χ0) is 16.0. The Kier molecular flexibility index (Phi) is 3.09. The van der Waals surface area contributed by atoms with Crippen molar-refractivity contribution in [3.8, 4) is 0 Å². The number of nitrogens with zero attached hydrogens (tertiary/aromatic N) is 2. The number of carboxylic acid groups (broad SMARTS) is 1. The SMILES string of the molecule is O=C1C[C@H](c2ccc(C(=O)O)cc2)c2c(ccc3nsnc23)N1. The van der Waals surface area contributed by atoms with Crippen LogP contribution in [0.3, 0.4) is 0 Å². The summed E-state index contributed by atoms with van der Waals surface area (Å²) in [6, 6.07) is 10.3. The minimum atomic E-state index is -0.968. The molecule has 23 heavy (non-hydrogen) atoms. The smallest absolute Gasteiger partial charge is 0.335 e. The number of aromatic carboxylic acids is 1. The van der Waals surface area contributed by atoms with Gasteiger partial charge in [0, 0.05) is 23.6 Å². The summed E-state index contributed by atoms with van der Waals surface area (Å²) in [7, 11) is 0. The van der Waals surface area contributed by atoms with Gasteiger partial charge in [-0.2, -0.15) is 8.75 Å². The zero-order valence-corrected chi connectivity index (χ0v) is 12.6. The Bertz CT molecular complexity index is 933. The van der Waals surface area contributed by atoms with Crippen molar-refractivity contribution in [2.24, 2.45) is 0 Å². The average molecular weight is 325 g/mol. The second-order valence-electron chi connectivity index (χ2n) is 5.39. The minimum absolute atomic E-state index is 0.0626. The molecule has 6 nitrogen and oxygen atoms in total. The Morgan fingerprint density at radius 2 is 1.96 bits per heavy atom. The molecular formula is C16H11N3O3S. The van der Waals surface area contributed by atoms with Gasteiger partial charge in [-0.15, -0.1) is 0 Å². The van der Waals surface area contributed by atoms with Crippen molar-refractivity contribution in [3.63, 3.8) is 0 Å². The molecule has 0 aliphatic carbocycles. The van der Waals surface area contributed by atoms with Gasteiger partial charge in [0.05, 0.1) is 17.3 Å². The van der Waals surface area contributed by atoms with Crippen LogP contribution >= 0.6 is 11.7 Å². The van der Waals surface area contributed by atoms with Gasteiger partial charge in [-0.3, -0.25) is 4.79 Å². The third kappa shape index (κ3) is 2.25. The third-order valence-corrected chi connectivity index (χ3v) is 4.58. The molecule has 0 bridgehead atoms. The number of hydrogen-bond donors (Lipinski definition) is 2. The molecule has 0 saturated carbocycles. The number of anilines is 1. The molecule has 7 heteroatoms. The summed E-state index contributed by atoms with van der Waals surface area (Å²) in [5, 5.41) is 11.9. The topological polar surface area (TPSA) is 92.2 Å². The van der Waals surface area contributed by atoms with E-state index in [1.54, 1.807) is 24.3 Å². The van der Waals surface area contributed by atoms with Crippen LogP contribution < -0.4 is 5.32 Å². The Morgan fingerprint density at radius 1 is 1.17 bits per heavy atom. The summed E-state index contributed by atoms with van der Waals surface area (Å²) >= 11 is 1.14. The summed E-state index contributed by atoms with van der Waals surface area (Å²) < 4.78 is 8.62. The normalized spacial score (nSPS) is 16.9. The van der Waals surface area contributed by atoms with Crippen molar-refractivity contribution in [2.75, 3.05) is 5.32 Å². The lowest BCUT2D eigenvalue weighted by Crippen LogP contribution is -2.23. The first kappa shape index (κ1) is 13.8. The molecule has 2 aromatic carbocycles. The first-order valence-corrected chi connectivity index (χ1v) is 7.75. The van der Waals surface area contributed by atoms with Crippen LogP contribution in [-0.4, -0.2) is 25.7 Å². The number of fused-ring (bicyclic) bond motifs is 3. The predicted molar refractivity (Wildman–Crippen MR) is 85.9 cm³/mol. The second kappa shape index (κ2) is 5.13. The highest BCUT2D eigenvalue weighted by Gasteiger charge is 2.29. The summed E-state index contributed by atoms with van der Waals surface area (Å²) in [4.78, 5) is 23.0. The summed E-state index contributed by atoms with van der Waals surface area (Å²) in [6.07, 6.45) is 0.302. The van der Waals surface area contributed by atoms with Crippen LogP contribution in [0.25, 0.3) is 11.0 Å². The molecule has 1 aromatic heterocycles. The van der Waals surface area contributed by atoms with Crippen LogP contribution in [0.4, 0.5) is 5.69 Å². The highest BCUT2D eigenvalue weighted by atomic mass is 32.1. The lowest BCUT2D eigenvalue weighted by atomic mass is 9.84. The maximum Gasteiger partial charge on any atom is 0.335 e. The maximum atomic E-state index is 12.0. The molecule has 1 aliphatic rings. The monoisotopic (exact) mass is 325 g/mol. The lowest BCUT2D eigenvalue weighted by Gasteiger charge is -2.26. The van der Waals surface area contributed by atoms with E-state index >= 15 is 0 Å². The molecule has 2 N–H and O–H groups in total. The number of rotatable bonds is 2. The van der Waals surface area contributed by atoms with Crippen LogP contribution in [0.5, 0.6) is 0 Å². The highest BCUT2D eigenvalue weighted by molar-refractivity contribution is 7.00. The van der Waals surface area contributed by atoms with E-state index in [4.69, 9.17) is 5.11 Å². The van der Waals surface area contributed by atoms with Gasteiger partial charge >= 0.3 is 5.97 Å². The number of amides is 1. The number of carbonyl (C=O) groups is 2. The average Bonchev–Trinajstić information content (AvgIpc) is 3.02. The molecule has 0 fully saturated rings. The van der Waals surface area contributed by atoms with Crippen LogP contribution in [0, 0.1) is 0 Å². The van der Waals surface area contributed by atoms with Crippen LogP contribution in [0.2, 0.25) is 0 Å². The van der Waals surface area contributed by atoms with Gasteiger partial charge < -0.3 is 10.4 Å². The molecule has 4 rings (SSSR count).